The summed E-state index contributed by atoms with van der Waals surface area (Å²) in [6, 6.07) is 3.33. The van der Waals surface area contributed by atoms with E-state index in [1.165, 1.54) is 6.20 Å². The van der Waals surface area contributed by atoms with Gasteiger partial charge in [-0.2, -0.15) is 8.42 Å². The number of hydrogen-bond acceptors (Lipinski definition) is 8. The van der Waals surface area contributed by atoms with Crippen molar-refractivity contribution in [3.8, 4) is 0 Å². The summed E-state index contributed by atoms with van der Waals surface area (Å²) in [6.45, 7) is 2.65. The number of sulfonamides is 1. The van der Waals surface area contributed by atoms with Gasteiger partial charge in [0.15, 0.2) is 5.03 Å². The quantitative estimate of drug-likeness (QED) is 0.817. The highest BCUT2D eigenvalue weighted by atomic mass is 32.2. The number of rotatable bonds is 6. The number of nitrogens with one attached hydrogen (secondary N) is 2. The highest BCUT2D eigenvalue weighted by Crippen LogP contribution is 2.21. The van der Waals surface area contributed by atoms with E-state index < -0.39 is 10.0 Å². The van der Waals surface area contributed by atoms with Crippen LogP contribution in [0.3, 0.4) is 0 Å². The summed E-state index contributed by atoms with van der Waals surface area (Å²) in [4.78, 5) is 3.91. The molecule has 0 saturated carbocycles. The molecular formula is C9H12N6O2S2. The van der Waals surface area contributed by atoms with E-state index in [1.54, 1.807) is 12.1 Å². The van der Waals surface area contributed by atoms with Crippen molar-refractivity contribution in [2.24, 2.45) is 0 Å². The Hall–Kier alpha value is -1.81. The van der Waals surface area contributed by atoms with E-state index in [-0.39, 0.29) is 10.2 Å². The Morgan fingerprint density at radius 3 is 2.95 bits per heavy atom. The lowest BCUT2D eigenvalue weighted by atomic mass is 10.4. The van der Waals surface area contributed by atoms with E-state index >= 15 is 0 Å². The van der Waals surface area contributed by atoms with Gasteiger partial charge in [0.2, 0.25) is 5.13 Å². The highest BCUT2D eigenvalue weighted by Gasteiger charge is 2.21. The van der Waals surface area contributed by atoms with Crippen LogP contribution in [0.25, 0.3) is 0 Å². The summed E-state index contributed by atoms with van der Waals surface area (Å²) < 4.78 is 30.1. The van der Waals surface area contributed by atoms with Crippen molar-refractivity contribution in [1.82, 2.24) is 19.8 Å². The van der Waals surface area contributed by atoms with Gasteiger partial charge in [0.25, 0.3) is 10.0 Å². The summed E-state index contributed by atoms with van der Waals surface area (Å²) in [5.41, 5.74) is 0.453. The van der Waals surface area contributed by atoms with Gasteiger partial charge in [-0.15, -0.1) is 0 Å². The van der Waals surface area contributed by atoms with Crippen LogP contribution in [0.4, 0.5) is 10.8 Å². The Bertz CT molecular complexity index is 628. The maximum atomic E-state index is 12.2. The molecule has 0 aromatic carbocycles. The average Bonchev–Trinajstić information content (AvgIpc) is 2.88. The van der Waals surface area contributed by atoms with Crippen LogP contribution in [-0.4, -0.2) is 34.7 Å². The van der Waals surface area contributed by atoms with Gasteiger partial charge >= 0.3 is 0 Å². The molecule has 0 radical (unpaired) electrons. The molecule has 0 bridgehead atoms. The Balaban J connectivity index is 2.29. The molecule has 0 amide bonds. The van der Waals surface area contributed by atoms with Crippen LogP contribution >= 0.6 is 11.5 Å². The minimum absolute atomic E-state index is 0.0707. The predicted octanol–water partition coefficient (Wildman–Crippen LogP) is 0.951. The summed E-state index contributed by atoms with van der Waals surface area (Å²) in [5, 5.41) is 9.92. The Kier molecular flexibility index (Phi) is 4.22. The van der Waals surface area contributed by atoms with Crippen molar-refractivity contribution in [1.29, 1.82) is 0 Å². The molecule has 0 spiro atoms. The normalized spacial score (nSPS) is 11.2. The summed E-state index contributed by atoms with van der Waals surface area (Å²) in [7, 11) is -3.80. The number of nitrogens with zero attached hydrogens (tertiary/aromatic N) is 4. The molecule has 0 saturated heterocycles. The molecule has 19 heavy (non-hydrogen) atoms. The molecular weight excluding hydrogens is 288 g/mol. The topological polar surface area (TPSA) is 110 Å². The number of pyridine rings is 1. The molecule has 8 nitrogen and oxygen atoms in total. The first-order valence-corrected chi connectivity index (χ1v) is 7.76. The zero-order valence-electron chi connectivity index (χ0n) is 10.1. The van der Waals surface area contributed by atoms with Gasteiger partial charge in [-0.05, 0) is 23.8 Å². The first kappa shape index (κ1) is 13.6. The largest absolute Gasteiger partial charge is 0.383 e. The zero-order chi connectivity index (χ0) is 13.7. The fourth-order valence-electron chi connectivity index (χ4n) is 1.34. The predicted molar refractivity (Wildman–Crippen MR) is 71.5 cm³/mol. The minimum atomic E-state index is -3.80. The summed E-state index contributed by atoms with van der Waals surface area (Å²) >= 11 is 0.857. The van der Waals surface area contributed by atoms with Gasteiger partial charge in [0.1, 0.15) is 0 Å². The van der Waals surface area contributed by atoms with E-state index in [1.807, 2.05) is 6.92 Å². The molecule has 2 N–H and O–H groups in total. The van der Waals surface area contributed by atoms with Crippen LogP contribution in [0.15, 0.2) is 23.4 Å². The third-order valence-corrected chi connectivity index (χ3v) is 4.05. The van der Waals surface area contributed by atoms with Gasteiger partial charge in [-0.1, -0.05) is 16.5 Å². The van der Waals surface area contributed by atoms with Crippen LogP contribution in [0, 0.1) is 0 Å². The number of anilines is 2. The third kappa shape index (κ3) is 3.35. The fraction of sp³-hybridized carbons (Fsp3) is 0.333. The first-order valence-electron chi connectivity index (χ1n) is 5.50. The van der Waals surface area contributed by atoms with Crippen molar-refractivity contribution >= 4 is 32.4 Å². The first-order chi connectivity index (χ1) is 9.13. The molecule has 102 valence electrons. The number of hydrogen-bond donors (Lipinski definition) is 2. The molecule has 2 aromatic heterocycles. The smallest absolute Gasteiger partial charge is 0.283 e. The molecule has 10 heteroatoms. The van der Waals surface area contributed by atoms with Crippen molar-refractivity contribution in [3.63, 3.8) is 0 Å². The lowest BCUT2D eigenvalue weighted by Gasteiger charge is -2.10. The molecule has 0 aliphatic rings. The lowest BCUT2D eigenvalue weighted by molar-refractivity contribution is 0.598. The lowest BCUT2D eigenvalue weighted by Crippen LogP contribution is -2.17. The molecule has 0 atom stereocenters. The van der Waals surface area contributed by atoms with E-state index in [0.717, 1.165) is 18.0 Å². The monoisotopic (exact) mass is 300 g/mol. The van der Waals surface area contributed by atoms with E-state index in [0.29, 0.717) is 12.2 Å². The van der Waals surface area contributed by atoms with Crippen LogP contribution in [-0.2, 0) is 10.0 Å². The maximum Gasteiger partial charge on any atom is 0.283 e. The summed E-state index contributed by atoms with van der Waals surface area (Å²) in [5.74, 6) is 0. The van der Waals surface area contributed by atoms with Crippen LogP contribution in [0.5, 0.6) is 0 Å². The van der Waals surface area contributed by atoms with Crippen LogP contribution in [0.2, 0.25) is 0 Å². The minimum Gasteiger partial charge on any atom is -0.383 e. The summed E-state index contributed by atoms with van der Waals surface area (Å²) in [6.07, 6.45) is 2.30. The number of aromatic nitrogens is 4. The Morgan fingerprint density at radius 2 is 2.26 bits per heavy atom. The van der Waals surface area contributed by atoms with Crippen LogP contribution in [0.1, 0.15) is 13.3 Å². The maximum absolute atomic E-state index is 12.2. The second-order valence-corrected chi connectivity index (χ2v) is 5.89. The van der Waals surface area contributed by atoms with Gasteiger partial charge < -0.3 is 5.32 Å². The zero-order valence-corrected chi connectivity index (χ0v) is 11.7. The molecule has 0 fully saturated rings. The Morgan fingerprint density at radius 1 is 1.42 bits per heavy atom. The average molecular weight is 300 g/mol. The molecule has 0 unspecified atom stereocenters. The second-order valence-electron chi connectivity index (χ2n) is 3.56. The highest BCUT2D eigenvalue weighted by molar-refractivity contribution is 7.93. The van der Waals surface area contributed by atoms with E-state index in [9.17, 15) is 8.42 Å². The van der Waals surface area contributed by atoms with Crippen molar-refractivity contribution in [3.05, 3.63) is 18.3 Å². The Labute approximate surface area is 114 Å². The van der Waals surface area contributed by atoms with Gasteiger partial charge in [0, 0.05) is 24.3 Å². The van der Waals surface area contributed by atoms with Crippen molar-refractivity contribution in [2.45, 2.75) is 18.4 Å². The molecule has 2 heterocycles. The van der Waals surface area contributed by atoms with Crippen LogP contribution < -0.4 is 10.0 Å². The van der Waals surface area contributed by atoms with E-state index in [2.05, 4.69) is 29.8 Å². The standard InChI is InChI=1S/C9H12N6O2S2/c1-2-5-10-7-4-3-6-11-8(7)19(16,17)13-9-12-14-15-18-9/h3-4,6,10H,2,5H2,1H3,(H,12,13,15). The molecule has 0 aliphatic carbocycles. The molecule has 2 aromatic rings. The van der Waals surface area contributed by atoms with Crippen molar-refractivity contribution < 1.29 is 8.42 Å². The van der Waals surface area contributed by atoms with Crippen molar-refractivity contribution in [2.75, 3.05) is 16.6 Å². The molecule has 2 rings (SSSR count). The fourth-order valence-corrected chi connectivity index (χ4v) is 3.03. The molecule has 0 aliphatic heterocycles. The van der Waals surface area contributed by atoms with Gasteiger partial charge in [-0.3, -0.25) is 4.72 Å². The third-order valence-electron chi connectivity index (χ3n) is 2.11. The second kappa shape index (κ2) is 5.89. The van der Waals surface area contributed by atoms with E-state index in [4.69, 9.17) is 0 Å². The van der Waals surface area contributed by atoms with Gasteiger partial charge in [-0.25, -0.2) is 4.98 Å². The van der Waals surface area contributed by atoms with Gasteiger partial charge in [0.05, 0.1) is 5.69 Å². The SMILES string of the molecule is CCCNc1cccnc1S(=O)(=O)Nc1nnns1.